The lowest BCUT2D eigenvalue weighted by molar-refractivity contribution is -0.0539. The predicted molar refractivity (Wildman–Crippen MR) is 125 cm³/mol. The summed E-state index contributed by atoms with van der Waals surface area (Å²) in [4.78, 5) is 14.8. The number of ether oxygens (including phenoxy) is 3. The van der Waals surface area contributed by atoms with Crippen LogP contribution in [0.2, 0.25) is 0 Å². The summed E-state index contributed by atoms with van der Waals surface area (Å²) < 4.78 is 18.8. The normalized spacial score (nSPS) is 16.1. The third-order valence-corrected chi connectivity index (χ3v) is 6.39. The molecular weight excluding hydrogens is 410 g/mol. The molecule has 1 saturated heterocycles. The van der Waals surface area contributed by atoms with Gasteiger partial charge in [0.15, 0.2) is 0 Å². The molecule has 1 aliphatic heterocycles. The largest absolute Gasteiger partial charge is 0.487 e. The lowest BCUT2D eigenvalue weighted by Crippen LogP contribution is -2.50. The van der Waals surface area contributed by atoms with E-state index in [9.17, 15) is 4.79 Å². The van der Waals surface area contributed by atoms with Gasteiger partial charge in [-0.05, 0) is 56.7 Å². The molecule has 1 aromatic heterocycles. The van der Waals surface area contributed by atoms with Gasteiger partial charge in [0.1, 0.15) is 24.2 Å². The van der Waals surface area contributed by atoms with E-state index in [1.807, 2.05) is 64.1 Å². The van der Waals surface area contributed by atoms with Crippen molar-refractivity contribution in [3.8, 4) is 5.75 Å². The summed E-state index contributed by atoms with van der Waals surface area (Å²) in [6, 6.07) is 12.0. The Hall–Kier alpha value is -2.57. The van der Waals surface area contributed by atoms with Crippen LogP contribution in [0.1, 0.15) is 43.9 Å². The Morgan fingerprint density at radius 2 is 1.94 bits per heavy atom. The third-order valence-electron chi connectivity index (χ3n) is 5.28. The van der Waals surface area contributed by atoms with Gasteiger partial charge in [0, 0.05) is 17.9 Å². The molecule has 6 heteroatoms. The second-order valence-electron chi connectivity index (χ2n) is 8.88. The number of thiophene rings is 1. The molecule has 1 atom stereocenters. The van der Waals surface area contributed by atoms with Crippen molar-refractivity contribution in [1.82, 2.24) is 0 Å². The zero-order valence-corrected chi connectivity index (χ0v) is 19.5. The number of carbonyl (C=O) groups excluding carboxylic acids is 1. The molecule has 0 spiro atoms. The minimum Gasteiger partial charge on any atom is -0.487 e. The number of fused-ring (bicyclic) bond motifs is 1. The summed E-state index contributed by atoms with van der Waals surface area (Å²) in [5.74, 6) is 0.769. The maximum Gasteiger partial charge on any atom is 0.416 e. The number of nitrogens with zero attached hydrogens (tertiary/aromatic N) is 1. The fraction of sp³-hybridized carbons (Fsp3) is 0.400. The zero-order chi connectivity index (χ0) is 22.2. The average molecular weight is 440 g/mol. The molecule has 2 aromatic carbocycles. The highest BCUT2D eigenvalue weighted by molar-refractivity contribution is 7.17. The second kappa shape index (κ2) is 8.52. The Labute approximate surface area is 187 Å². The van der Waals surface area contributed by atoms with Gasteiger partial charge >= 0.3 is 6.09 Å². The van der Waals surface area contributed by atoms with Crippen molar-refractivity contribution < 1.29 is 19.0 Å². The first-order valence-corrected chi connectivity index (χ1v) is 11.4. The molecule has 4 rings (SSSR count). The first-order chi connectivity index (χ1) is 14.7. The van der Waals surface area contributed by atoms with Crippen molar-refractivity contribution >= 4 is 33.2 Å². The molecule has 5 nitrogen and oxygen atoms in total. The number of rotatable bonds is 5. The molecular formula is C25H29NO4S. The van der Waals surface area contributed by atoms with Crippen LogP contribution < -0.4 is 9.64 Å². The Balaban J connectivity index is 1.77. The van der Waals surface area contributed by atoms with Crippen LogP contribution in [-0.2, 0) is 16.1 Å². The molecule has 0 radical (unpaired) electrons. The van der Waals surface area contributed by atoms with Crippen LogP contribution in [0.5, 0.6) is 5.75 Å². The van der Waals surface area contributed by atoms with Gasteiger partial charge in [-0.1, -0.05) is 30.3 Å². The van der Waals surface area contributed by atoms with Gasteiger partial charge in [-0.3, -0.25) is 4.90 Å². The summed E-state index contributed by atoms with van der Waals surface area (Å²) in [6.07, 6.45) is 0.0490. The lowest BCUT2D eigenvalue weighted by Gasteiger charge is -2.38. The van der Waals surface area contributed by atoms with E-state index in [0.29, 0.717) is 13.2 Å². The highest BCUT2D eigenvalue weighted by Crippen LogP contribution is 2.43. The van der Waals surface area contributed by atoms with Crippen LogP contribution in [0, 0.1) is 13.8 Å². The number of hydrogen-bond donors (Lipinski definition) is 0. The van der Waals surface area contributed by atoms with Crippen molar-refractivity contribution in [3.63, 3.8) is 0 Å². The first kappa shape index (κ1) is 21.7. The van der Waals surface area contributed by atoms with E-state index in [4.69, 9.17) is 14.2 Å². The predicted octanol–water partition coefficient (Wildman–Crippen LogP) is 6.59. The van der Waals surface area contributed by atoms with E-state index in [-0.39, 0.29) is 6.23 Å². The van der Waals surface area contributed by atoms with Crippen molar-refractivity contribution in [2.24, 2.45) is 0 Å². The topological polar surface area (TPSA) is 48.0 Å². The molecule has 1 aliphatic rings. The van der Waals surface area contributed by atoms with Crippen LogP contribution in [0.15, 0.2) is 41.8 Å². The number of carbonyl (C=O) groups is 1. The van der Waals surface area contributed by atoms with Gasteiger partial charge in [0.25, 0.3) is 0 Å². The fourth-order valence-electron chi connectivity index (χ4n) is 3.72. The summed E-state index contributed by atoms with van der Waals surface area (Å²) in [7, 11) is 0. The summed E-state index contributed by atoms with van der Waals surface area (Å²) in [5, 5.41) is 3.26. The van der Waals surface area contributed by atoms with Crippen molar-refractivity contribution in [1.29, 1.82) is 0 Å². The van der Waals surface area contributed by atoms with Gasteiger partial charge in [0.2, 0.25) is 0 Å². The van der Waals surface area contributed by atoms with Gasteiger partial charge in [-0.2, -0.15) is 0 Å². The van der Waals surface area contributed by atoms with Crippen molar-refractivity contribution in [2.45, 2.75) is 59.5 Å². The van der Waals surface area contributed by atoms with Gasteiger partial charge < -0.3 is 14.2 Å². The maximum atomic E-state index is 13.2. The zero-order valence-electron chi connectivity index (χ0n) is 18.7. The van der Waals surface area contributed by atoms with Gasteiger partial charge in [0.05, 0.1) is 17.0 Å². The van der Waals surface area contributed by atoms with Gasteiger partial charge in [-0.15, -0.1) is 11.3 Å². The second-order valence-corrected chi connectivity index (χ2v) is 9.76. The summed E-state index contributed by atoms with van der Waals surface area (Å²) in [5.41, 5.74) is 3.47. The highest BCUT2D eigenvalue weighted by atomic mass is 32.1. The molecule has 0 saturated carbocycles. The molecule has 1 amide bonds. The fourth-order valence-corrected chi connectivity index (χ4v) is 4.80. The smallest absolute Gasteiger partial charge is 0.416 e. The molecule has 0 bridgehead atoms. The molecule has 0 N–H and O–H groups in total. The van der Waals surface area contributed by atoms with E-state index in [1.165, 1.54) is 5.56 Å². The number of anilines is 1. The highest BCUT2D eigenvalue weighted by Gasteiger charge is 2.36. The van der Waals surface area contributed by atoms with E-state index in [2.05, 4.69) is 12.3 Å². The molecule has 164 valence electrons. The van der Waals surface area contributed by atoms with Crippen LogP contribution in [0.3, 0.4) is 0 Å². The number of benzene rings is 2. The minimum absolute atomic E-state index is 0.327. The molecule has 1 unspecified atom stereocenters. The van der Waals surface area contributed by atoms with Gasteiger partial charge in [-0.25, -0.2) is 4.79 Å². The minimum atomic E-state index is -0.595. The third kappa shape index (κ3) is 4.55. The standard InChI is InChI=1S/C25H29NO4S/c1-16-15-31-23-20(29-14-18-9-7-6-8-10-18)13-19(17(2)22(16)23)26(21-11-12-28-21)24(27)30-25(3,4)5/h6-10,13,15,21H,11-12,14H2,1-5H3. The SMILES string of the molecule is Cc1csc2c(OCc3ccccc3)cc(N(C(=O)OC(C)(C)C)C3CCO3)c(C)c12. The molecule has 1 fully saturated rings. The van der Waals surface area contributed by atoms with E-state index >= 15 is 0 Å². The van der Waals surface area contributed by atoms with Crippen LogP contribution >= 0.6 is 11.3 Å². The Morgan fingerprint density at radius 3 is 2.55 bits per heavy atom. The Kier molecular flexibility index (Phi) is 5.95. The maximum absolute atomic E-state index is 13.2. The van der Waals surface area contributed by atoms with E-state index in [1.54, 1.807) is 16.2 Å². The Bertz CT molecular complexity index is 1080. The van der Waals surface area contributed by atoms with Crippen molar-refractivity contribution in [3.05, 3.63) is 58.5 Å². The van der Waals surface area contributed by atoms with E-state index < -0.39 is 11.7 Å². The number of amides is 1. The van der Waals surface area contributed by atoms with E-state index in [0.717, 1.165) is 39.1 Å². The lowest BCUT2D eigenvalue weighted by atomic mass is 10.0. The summed E-state index contributed by atoms with van der Waals surface area (Å²) >= 11 is 1.67. The quantitative estimate of drug-likeness (QED) is 0.450. The first-order valence-electron chi connectivity index (χ1n) is 10.6. The molecule has 31 heavy (non-hydrogen) atoms. The molecule has 0 aliphatic carbocycles. The van der Waals surface area contributed by atoms with Crippen molar-refractivity contribution in [2.75, 3.05) is 11.5 Å². The Morgan fingerprint density at radius 1 is 1.23 bits per heavy atom. The van der Waals surface area contributed by atoms with Crippen LogP contribution in [0.25, 0.3) is 10.1 Å². The molecule has 3 aromatic rings. The average Bonchev–Trinajstić information content (AvgIpc) is 3.06. The number of aryl methyl sites for hydroxylation is 2. The molecule has 2 heterocycles. The van der Waals surface area contributed by atoms with Crippen LogP contribution in [0.4, 0.5) is 10.5 Å². The van der Waals surface area contributed by atoms with Crippen LogP contribution in [-0.4, -0.2) is 24.5 Å². The number of hydrogen-bond acceptors (Lipinski definition) is 5. The summed E-state index contributed by atoms with van der Waals surface area (Å²) in [6.45, 7) is 10.9. The monoisotopic (exact) mass is 439 g/mol.